The van der Waals surface area contributed by atoms with Gasteiger partial charge in [-0.2, -0.15) is 5.21 Å². The summed E-state index contributed by atoms with van der Waals surface area (Å²) in [6, 6.07) is 3.04. The number of aromatic nitrogens is 4. The van der Waals surface area contributed by atoms with Crippen LogP contribution in [0.3, 0.4) is 0 Å². The fourth-order valence-corrected chi connectivity index (χ4v) is 2.23. The van der Waals surface area contributed by atoms with Crippen LogP contribution < -0.4 is 5.32 Å². The first-order valence-electron chi connectivity index (χ1n) is 7.23. The Labute approximate surface area is 135 Å². The average Bonchev–Trinajstić information content (AvgIpc) is 3.26. The van der Waals surface area contributed by atoms with Gasteiger partial charge >= 0.3 is 0 Å². The summed E-state index contributed by atoms with van der Waals surface area (Å²) >= 11 is 0. The van der Waals surface area contributed by atoms with Gasteiger partial charge < -0.3 is 10.2 Å². The first-order valence-corrected chi connectivity index (χ1v) is 7.23. The SMILES string of the molecule is C[C@@H](CNC(=O)[C@H]1CC(c2cc(F)ccc2F)=NO1)c1nn[nH]n1. The van der Waals surface area contributed by atoms with Crippen molar-refractivity contribution in [1.29, 1.82) is 0 Å². The molecule has 0 aliphatic carbocycles. The molecule has 1 amide bonds. The van der Waals surface area contributed by atoms with E-state index in [1.54, 1.807) is 0 Å². The summed E-state index contributed by atoms with van der Waals surface area (Å²) in [5.41, 5.74) is 0.184. The molecule has 24 heavy (non-hydrogen) atoms. The number of H-pyrrole nitrogens is 1. The summed E-state index contributed by atoms with van der Waals surface area (Å²) in [7, 11) is 0. The van der Waals surface area contributed by atoms with Gasteiger partial charge in [0.15, 0.2) is 5.82 Å². The van der Waals surface area contributed by atoms with Crippen molar-refractivity contribution in [1.82, 2.24) is 25.9 Å². The zero-order valence-corrected chi connectivity index (χ0v) is 12.7. The Kier molecular flexibility index (Phi) is 4.45. The Bertz CT molecular complexity index is 765. The van der Waals surface area contributed by atoms with Gasteiger partial charge in [0.2, 0.25) is 6.10 Å². The number of halogens is 2. The number of carbonyl (C=O) groups excluding carboxylic acids is 1. The van der Waals surface area contributed by atoms with Crippen LogP contribution in [-0.2, 0) is 9.63 Å². The van der Waals surface area contributed by atoms with Crippen molar-refractivity contribution in [2.75, 3.05) is 6.54 Å². The Morgan fingerprint density at radius 3 is 3.08 bits per heavy atom. The molecule has 10 heteroatoms. The van der Waals surface area contributed by atoms with Gasteiger partial charge in [-0.15, -0.1) is 10.2 Å². The molecule has 0 bridgehead atoms. The van der Waals surface area contributed by atoms with E-state index in [1.807, 2.05) is 6.92 Å². The Morgan fingerprint density at radius 2 is 2.33 bits per heavy atom. The Hall–Kier alpha value is -2.91. The first kappa shape index (κ1) is 16.0. The predicted octanol–water partition coefficient (Wildman–Crippen LogP) is 0.891. The van der Waals surface area contributed by atoms with Crippen LogP contribution in [0.2, 0.25) is 0 Å². The third kappa shape index (κ3) is 3.36. The lowest BCUT2D eigenvalue weighted by molar-refractivity contribution is -0.131. The summed E-state index contributed by atoms with van der Waals surface area (Å²) in [6.07, 6.45) is -0.830. The maximum Gasteiger partial charge on any atom is 0.264 e. The number of oxime groups is 1. The average molecular weight is 336 g/mol. The molecule has 0 fully saturated rings. The van der Waals surface area contributed by atoms with Crippen LogP contribution in [0.1, 0.15) is 30.7 Å². The number of nitrogens with one attached hydrogen (secondary N) is 2. The van der Waals surface area contributed by atoms with Gasteiger partial charge in [-0.3, -0.25) is 4.79 Å². The number of amides is 1. The molecule has 3 rings (SSSR count). The second kappa shape index (κ2) is 6.69. The van der Waals surface area contributed by atoms with E-state index in [0.717, 1.165) is 18.2 Å². The minimum Gasteiger partial charge on any atom is -0.382 e. The fourth-order valence-electron chi connectivity index (χ4n) is 2.23. The van der Waals surface area contributed by atoms with Crippen molar-refractivity contribution in [3.8, 4) is 0 Å². The molecule has 0 radical (unpaired) electrons. The van der Waals surface area contributed by atoms with E-state index in [0.29, 0.717) is 5.82 Å². The topological polar surface area (TPSA) is 105 Å². The number of carbonyl (C=O) groups is 1. The van der Waals surface area contributed by atoms with Gasteiger partial charge in [0.05, 0.1) is 5.71 Å². The number of tetrazole rings is 1. The Balaban J connectivity index is 1.56. The molecule has 2 heterocycles. The van der Waals surface area contributed by atoms with Crippen LogP contribution >= 0.6 is 0 Å². The molecule has 0 saturated carbocycles. The molecule has 2 atom stereocenters. The zero-order valence-electron chi connectivity index (χ0n) is 12.7. The van der Waals surface area contributed by atoms with E-state index in [-0.39, 0.29) is 30.2 Å². The van der Waals surface area contributed by atoms with E-state index in [9.17, 15) is 13.6 Å². The highest BCUT2D eigenvalue weighted by Gasteiger charge is 2.30. The highest BCUT2D eigenvalue weighted by Crippen LogP contribution is 2.20. The fraction of sp³-hybridized carbons (Fsp3) is 0.357. The van der Waals surface area contributed by atoms with Gasteiger partial charge in [-0.1, -0.05) is 17.3 Å². The maximum absolute atomic E-state index is 13.7. The van der Waals surface area contributed by atoms with Crippen molar-refractivity contribution in [2.24, 2.45) is 5.16 Å². The van der Waals surface area contributed by atoms with Gasteiger partial charge in [0.25, 0.3) is 5.91 Å². The van der Waals surface area contributed by atoms with Crippen LogP contribution in [0, 0.1) is 11.6 Å². The summed E-state index contributed by atoms with van der Waals surface area (Å²) in [4.78, 5) is 17.1. The van der Waals surface area contributed by atoms with Gasteiger partial charge in [0, 0.05) is 24.4 Å². The van der Waals surface area contributed by atoms with Crippen molar-refractivity contribution >= 4 is 11.6 Å². The monoisotopic (exact) mass is 336 g/mol. The molecule has 0 unspecified atom stereocenters. The summed E-state index contributed by atoms with van der Waals surface area (Å²) in [6.45, 7) is 2.10. The zero-order chi connectivity index (χ0) is 17.1. The van der Waals surface area contributed by atoms with E-state index in [4.69, 9.17) is 4.84 Å². The summed E-state index contributed by atoms with van der Waals surface area (Å²) < 4.78 is 27.0. The Morgan fingerprint density at radius 1 is 1.50 bits per heavy atom. The molecule has 1 aliphatic rings. The maximum atomic E-state index is 13.7. The predicted molar refractivity (Wildman–Crippen MR) is 78.0 cm³/mol. The van der Waals surface area contributed by atoms with Crippen LogP contribution in [0.5, 0.6) is 0 Å². The number of hydrogen-bond acceptors (Lipinski definition) is 6. The van der Waals surface area contributed by atoms with Crippen LogP contribution in [-0.4, -0.2) is 44.9 Å². The lowest BCUT2D eigenvalue weighted by Gasteiger charge is -2.12. The van der Waals surface area contributed by atoms with E-state index >= 15 is 0 Å². The van der Waals surface area contributed by atoms with E-state index in [1.165, 1.54) is 0 Å². The third-order valence-corrected chi connectivity index (χ3v) is 3.59. The molecule has 2 N–H and O–H groups in total. The van der Waals surface area contributed by atoms with Crippen LogP contribution in [0.15, 0.2) is 23.4 Å². The highest BCUT2D eigenvalue weighted by atomic mass is 19.1. The molecule has 8 nitrogen and oxygen atoms in total. The second-order valence-electron chi connectivity index (χ2n) is 5.38. The van der Waals surface area contributed by atoms with E-state index in [2.05, 4.69) is 31.1 Å². The largest absolute Gasteiger partial charge is 0.382 e. The number of benzene rings is 1. The summed E-state index contributed by atoms with van der Waals surface area (Å²) in [5.74, 6) is -1.28. The van der Waals surface area contributed by atoms with Crippen molar-refractivity contribution < 1.29 is 18.4 Å². The minimum absolute atomic E-state index is 0.00883. The molecule has 1 aromatic carbocycles. The van der Waals surface area contributed by atoms with Gasteiger partial charge in [-0.05, 0) is 18.2 Å². The molecule has 1 aromatic heterocycles. The molecule has 126 valence electrons. The lowest BCUT2D eigenvalue weighted by Crippen LogP contribution is -2.37. The van der Waals surface area contributed by atoms with Crippen LogP contribution in [0.4, 0.5) is 8.78 Å². The van der Waals surface area contributed by atoms with Crippen molar-refractivity contribution in [3.63, 3.8) is 0 Å². The lowest BCUT2D eigenvalue weighted by atomic mass is 10.0. The van der Waals surface area contributed by atoms with Gasteiger partial charge in [-0.25, -0.2) is 8.78 Å². The third-order valence-electron chi connectivity index (χ3n) is 3.59. The number of hydrogen-bond donors (Lipinski definition) is 2. The molecule has 1 aliphatic heterocycles. The molecule has 0 spiro atoms. The standard InChI is InChI=1S/C14H14F2N6O2/c1-7(13-18-21-22-19-13)6-17-14(23)12-5-11(20-24-12)9-4-8(15)2-3-10(9)16/h2-4,7,12H,5-6H2,1H3,(H,17,23)(H,18,19,21,22)/t7-,12+/m0/s1. The second-order valence-corrected chi connectivity index (χ2v) is 5.38. The van der Waals surface area contributed by atoms with Crippen molar-refractivity contribution in [2.45, 2.75) is 25.4 Å². The molecule has 0 saturated heterocycles. The number of aromatic amines is 1. The molecule has 2 aromatic rings. The van der Waals surface area contributed by atoms with Crippen molar-refractivity contribution in [3.05, 3.63) is 41.2 Å². The quantitative estimate of drug-likeness (QED) is 0.844. The minimum atomic E-state index is -0.889. The smallest absolute Gasteiger partial charge is 0.264 e. The normalized spacial score (nSPS) is 18.0. The molecular weight excluding hydrogens is 322 g/mol. The first-order chi connectivity index (χ1) is 11.5. The molecular formula is C14H14F2N6O2. The number of rotatable bonds is 5. The van der Waals surface area contributed by atoms with Gasteiger partial charge in [0.1, 0.15) is 11.6 Å². The highest BCUT2D eigenvalue weighted by molar-refractivity contribution is 6.04. The van der Waals surface area contributed by atoms with E-state index < -0.39 is 23.6 Å². The van der Waals surface area contributed by atoms with Crippen LogP contribution in [0.25, 0.3) is 0 Å². The summed E-state index contributed by atoms with van der Waals surface area (Å²) in [5, 5.41) is 19.8. The number of nitrogens with zero attached hydrogens (tertiary/aromatic N) is 4.